The zero-order valence-corrected chi connectivity index (χ0v) is 16.8. The third-order valence-corrected chi connectivity index (χ3v) is 5.17. The molecule has 140 valence electrons. The number of ether oxygens (including phenoxy) is 1. The van der Waals surface area contributed by atoms with Gasteiger partial charge in [0.15, 0.2) is 0 Å². The first-order valence-corrected chi connectivity index (χ1v) is 9.59. The van der Waals surface area contributed by atoms with Gasteiger partial charge in [-0.25, -0.2) is 9.97 Å². The van der Waals surface area contributed by atoms with E-state index in [0.717, 1.165) is 0 Å². The molecule has 0 bridgehead atoms. The summed E-state index contributed by atoms with van der Waals surface area (Å²) >= 11 is 4.52. The molecule has 0 aliphatic heterocycles. The second-order valence-electron chi connectivity index (χ2n) is 5.50. The summed E-state index contributed by atoms with van der Waals surface area (Å²) in [5.41, 5.74) is 8.53. The van der Waals surface area contributed by atoms with E-state index in [9.17, 15) is 4.79 Å². The number of methoxy groups -OCH3 is 1. The summed E-state index contributed by atoms with van der Waals surface area (Å²) in [5, 5.41) is 15.8. The average molecular weight is 449 g/mol. The molecule has 0 radical (unpaired) electrons. The molecule has 2 heterocycles. The van der Waals surface area contributed by atoms with E-state index in [-0.39, 0.29) is 10.5 Å². The van der Waals surface area contributed by atoms with Gasteiger partial charge < -0.3 is 21.1 Å². The molecule has 0 fully saturated rings. The highest BCUT2D eigenvalue weighted by atomic mass is 79.9. The van der Waals surface area contributed by atoms with Gasteiger partial charge in [-0.15, -0.1) is 11.3 Å². The van der Waals surface area contributed by atoms with E-state index in [2.05, 4.69) is 36.5 Å². The minimum Gasteiger partial charge on any atom is -0.383 e. The van der Waals surface area contributed by atoms with Crippen molar-refractivity contribution in [2.45, 2.75) is 0 Å². The zero-order chi connectivity index (χ0) is 19.4. The van der Waals surface area contributed by atoms with Crippen LogP contribution >= 0.6 is 27.3 Å². The fourth-order valence-electron chi connectivity index (χ4n) is 2.55. The van der Waals surface area contributed by atoms with E-state index in [4.69, 9.17) is 15.9 Å². The van der Waals surface area contributed by atoms with E-state index in [1.165, 1.54) is 17.7 Å². The van der Waals surface area contributed by atoms with Crippen molar-refractivity contribution in [2.75, 3.05) is 36.6 Å². The first-order chi connectivity index (χ1) is 13.0. The number of hydrogen-bond acceptors (Lipinski definition) is 8. The van der Waals surface area contributed by atoms with Gasteiger partial charge in [-0.2, -0.15) is 0 Å². The highest BCUT2D eigenvalue weighted by Gasteiger charge is 2.18. The number of nitrogen functional groups attached to an aromatic ring is 1. The molecule has 0 saturated heterocycles. The Balaban J connectivity index is 1.92. The number of anilines is 3. The van der Waals surface area contributed by atoms with Crippen molar-refractivity contribution >= 4 is 65.2 Å². The number of fused-ring (bicyclic) bond motifs is 1. The Labute approximate surface area is 167 Å². The lowest BCUT2D eigenvalue weighted by Gasteiger charge is -2.15. The molecule has 0 aliphatic carbocycles. The summed E-state index contributed by atoms with van der Waals surface area (Å²) in [5.74, 6) is 0.0136. The number of carbonyl (C=O) groups excluding carboxylic acids is 1. The first kappa shape index (κ1) is 19.2. The van der Waals surface area contributed by atoms with Crippen LogP contribution in [0.25, 0.3) is 10.2 Å². The standard InChI is InChI=1S/C17H17BrN6O2S/c1-26-6-5-21-10-3-2-4-11(12(10)15(18)19)24-17(25)9-7-27-14-13(9)22-8-23-16(14)20/h2-4,7-8,19,21H,5-6H2,1H3,(H,24,25)(H2,20,22,23). The van der Waals surface area contributed by atoms with Crippen LogP contribution in [0, 0.1) is 5.41 Å². The molecule has 3 rings (SSSR count). The largest absolute Gasteiger partial charge is 0.383 e. The number of amides is 1. The number of halogens is 1. The SMILES string of the molecule is COCCNc1cccc(NC(=O)c2csc3c(N)ncnc23)c1C(=N)Br. The van der Waals surface area contributed by atoms with Crippen molar-refractivity contribution in [1.82, 2.24) is 9.97 Å². The molecule has 5 N–H and O–H groups in total. The van der Waals surface area contributed by atoms with Crippen molar-refractivity contribution in [3.05, 3.63) is 41.0 Å². The Hall–Kier alpha value is -2.56. The number of rotatable bonds is 7. The molecule has 0 spiro atoms. The van der Waals surface area contributed by atoms with Crippen LogP contribution in [0.4, 0.5) is 17.2 Å². The van der Waals surface area contributed by atoms with Gasteiger partial charge in [0.1, 0.15) is 16.8 Å². The Morgan fingerprint density at radius 3 is 2.89 bits per heavy atom. The topological polar surface area (TPSA) is 126 Å². The fraction of sp³-hybridized carbons (Fsp3) is 0.176. The van der Waals surface area contributed by atoms with Crippen LogP contribution in [0.15, 0.2) is 29.9 Å². The molecule has 10 heteroatoms. The van der Waals surface area contributed by atoms with Gasteiger partial charge in [-0.1, -0.05) is 6.07 Å². The van der Waals surface area contributed by atoms with Crippen molar-refractivity contribution in [1.29, 1.82) is 5.41 Å². The van der Waals surface area contributed by atoms with Gasteiger partial charge in [0.2, 0.25) is 0 Å². The van der Waals surface area contributed by atoms with Gasteiger partial charge in [0, 0.05) is 24.7 Å². The lowest BCUT2D eigenvalue weighted by molar-refractivity contribution is 0.102. The fourth-order valence-corrected chi connectivity index (χ4v) is 3.88. The van der Waals surface area contributed by atoms with Crippen molar-refractivity contribution < 1.29 is 9.53 Å². The average Bonchev–Trinajstić information content (AvgIpc) is 3.07. The van der Waals surface area contributed by atoms with Crippen LogP contribution in [0.2, 0.25) is 0 Å². The summed E-state index contributed by atoms with van der Waals surface area (Å²) in [6.07, 6.45) is 1.33. The maximum absolute atomic E-state index is 12.8. The smallest absolute Gasteiger partial charge is 0.258 e. The van der Waals surface area contributed by atoms with E-state index in [1.54, 1.807) is 24.6 Å². The molecule has 1 amide bonds. The quantitative estimate of drug-likeness (QED) is 0.324. The predicted molar refractivity (Wildman–Crippen MR) is 112 cm³/mol. The Kier molecular flexibility index (Phi) is 5.99. The van der Waals surface area contributed by atoms with Crippen molar-refractivity contribution in [2.24, 2.45) is 0 Å². The molecule has 3 aromatic rings. The minimum absolute atomic E-state index is 0.153. The second-order valence-corrected chi connectivity index (χ2v) is 7.17. The third kappa shape index (κ3) is 4.07. The number of nitrogens with two attached hydrogens (primary N) is 1. The van der Waals surface area contributed by atoms with E-state index in [0.29, 0.717) is 51.7 Å². The third-order valence-electron chi connectivity index (χ3n) is 3.78. The van der Waals surface area contributed by atoms with Gasteiger partial charge >= 0.3 is 0 Å². The lowest BCUT2D eigenvalue weighted by Crippen LogP contribution is -2.16. The highest BCUT2D eigenvalue weighted by Crippen LogP contribution is 2.30. The minimum atomic E-state index is -0.330. The molecule has 0 aliphatic rings. The van der Waals surface area contributed by atoms with Crippen LogP contribution in [-0.4, -0.2) is 40.8 Å². The lowest BCUT2D eigenvalue weighted by atomic mass is 10.1. The maximum Gasteiger partial charge on any atom is 0.258 e. The summed E-state index contributed by atoms with van der Waals surface area (Å²) in [6.45, 7) is 1.10. The molecule has 0 unspecified atom stereocenters. The molecule has 1 aromatic carbocycles. The van der Waals surface area contributed by atoms with Crippen LogP contribution < -0.4 is 16.4 Å². The molecular weight excluding hydrogens is 432 g/mol. The summed E-state index contributed by atoms with van der Waals surface area (Å²) < 4.78 is 5.86. The Bertz CT molecular complexity index is 1010. The van der Waals surface area contributed by atoms with Crippen molar-refractivity contribution in [3.8, 4) is 0 Å². The Morgan fingerprint density at radius 2 is 2.15 bits per heavy atom. The number of thiophene rings is 1. The van der Waals surface area contributed by atoms with Gasteiger partial charge in [-0.05, 0) is 28.1 Å². The highest BCUT2D eigenvalue weighted by molar-refractivity contribution is 9.18. The number of hydrogen-bond donors (Lipinski definition) is 4. The summed E-state index contributed by atoms with van der Waals surface area (Å²) in [4.78, 5) is 20.9. The monoisotopic (exact) mass is 448 g/mol. The number of aromatic nitrogens is 2. The number of nitrogens with one attached hydrogen (secondary N) is 3. The van der Waals surface area contributed by atoms with Crippen LogP contribution in [0.1, 0.15) is 15.9 Å². The summed E-state index contributed by atoms with van der Waals surface area (Å²) in [6, 6.07) is 5.38. The second kappa shape index (κ2) is 8.42. The van der Waals surface area contributed by atoms with E-state index >= 15 is 0 Å². The van der Waals surface area contributed by atoms with Gasteiger partial charge in [0.25, 0.3) is 5.91 Å². The number of carbonyl (C=O) groups is 1. The molecule has 8 nitrogen and oxygen atoms in total. The molecule has 0 atom stereocenters. The molecule has 27 heavy (non-hydrogen) atoms. The summed E-state index contributed by atoms with van der Waals surface area (Å²) in [7, 11) is 1.62. The van der Waals surface area contributed by atoms with E-state index in [1.807, 2.05) is 6.07 Å². The number of benzene rings is 1. The first-order valence-electron chi connectivity index (χ1n) is 7.92. The van der Waals surface area contributed by atoms with E-state index < -0.39 is 0 Å². The van der Waals surface area contributed by atoms with Crippen molar-refractivity contribution in [3.63, 3.8) is 0 Å². The van der Waals surface area contributed by atoms with Crippen LogP contribution in [0.3, 0.4) is 0 Å². The Morgan fingerprint density at radius 1 is 1.37 bits per heavy atom. The number of nitrogens with zero attached hydrogens (tertiary/aromatic N) is 2. The van der Waals surface area contributed by atoms with Crippen LogP contribution in [0.5, 0.6) is 0 Å². The predicted octanol–water partition coefficient (Wildman–Crippen LogP) is 3.30. The molecule has 0 saturated carbocycles. The normalized spacial score (nSPS) is 10.7. The maximum atomic E-state index is 12.8. The van der Waals surface area contributed by atoms with Crippen LogP contribution in [-0.2, 0) is 4.74 Å². The zero-order valence-electron chi connectivity index (χ0n) is 14.4. The van der Waals surface area contributed by atoms with Gasteiger partial charge in [-0.3, -0.25) is 10.2 Å². The molecular formula is C17H17BrN6O2S. The van der Waals surface area contributed by atoms with Gasteiger partial charge in [0.05, 0.1) is 33.6 Å². The molecule has 2 aromatic heterocycles.